The van der Waals surface area contributed by atoms with Crippen LogP contribution in [0.2, 0.25) is 0 Å². The molecular formula is C27H39IN8S. The fourth-order valence-corrected chi connectivity index (χ4v) is 5.90. The van der Waals surface area contributed by atoms with E-state index in [1.54, 1.807) is 12.3 Å². The maximum atomic E-state index is 6.36. The molecule has 1 saturated heterocycles. The molecule has 5 N–H and O–H groups in total. The molecule has 3 heterocycles. The quantitative estimate of drug-likeness (QED) is 0.0659. The van der Waals surface area contributed by atoms with Gasteiger partial charge in [0.15, 0.2) is 5.82 Å². The molecule has 37 heavy (non-hydrogen) atoms. The van der Waals surface area contributed by atoms with Crippen molar-refractivity contribution >= 4 is 46.4 Å². The van der Waals surface area contributed by atoms with Gasteiger partial charge in [-0.15, -0.1) is 0 Å². The minimum absolute atomic E-state index is 0.132. The van der Waals surface area contributed by atoms with Crippen molar-refractivity contribution < 1.29 is 0 Å². The van der Waals surface area contributed by atoms with Crippen LogP contribution in [0.15, 0.2) is 65.4 Å². The fourth-order valence-electron chi connectivity index (χ4n) is 4.56. The second-order valence-electron chi connectivity index (χ2n) is 9.67. The van der Waals surface area contributed by atoms with Gasteiger partial charge >= 0.3 is 0 Å². The van der Waals surface area contributed by atoms with E-state index in [1.165, 1.54) is 24.8 Å². The molecule has 0 aliphatic carbocycles. The molecule has 0 aromatic carbocycles. The van der Waals surface area contributed by atoms with E-state index in [1.807, 2.05) is 42.2 Å². The topological polar surface area (TPSA) is 110 Å². The van der Waals surface area contributed by atoms with E-state index < -0.39 is 0 Å². The number of hydrogen-bond acceptors (Lipinski definition) is 8. The van der Waals surface area contributed by atoms with Crippen LogP contribution in [-0.4, -0.2) is 48.9 Å². The van der Waals surface area contributed by atoms with Gasteiger partial charge in [0.25, 0.3) is 0 Å². The summed E-state index contributed by atoms with van der Waals surface area (Å²) in [5, 5.41) is 4.50. The SMILES string of the molecule is C=CNSC(C=NCCCCC1CN(Cc2nc(-n3ccc(C)n3)ccc2N)C(C)(CI)C1)=C(N)C=C. The van der Waals surface area contributed by atoms with Gasteiger partial charge in [0.2, 0.25) is 0 Å². The number of allylic oxidation sites excluding steroid dienone is 2. The van der Waals surface area contributed by atoms with Crippen molar-refractivity contribution in [2.24, 2.45) is 16.6 Å². The molecule has 0 amide bonds. The molecule has 10 heteroatoms. The number of nitrogens with two attached hydrogens (primary N) is 2. The van der Waals surface area contributed by atoms with Crippen LogP contribution in [0.25, 0.3) is 5.82 Å². The van der Waals surface area contributed by atoms with Crippen molar-refractivity contribution in [3.63, 3.8) is 0 Å². The summed E-state index contributed by atoms with van der Waals surface area (Å²) in [5.74, 6) is 1.46. The average molecular weight is 635 g/mol. The molecule has 8 nitrogen and oxygen atoms in total. The number of aliphatic imine (C=N–C) groups is 1. The van der Waals surface area contributed by atoms with Crippen LogP contribution in [0.5, 0.6) is 0 Å². The summed E-state index contributed by atoms with van der Waals surface area (Å²) in [6, 6.07) is 5.85. The lowest BCUT2D eigenvalue weighted by Gasteiger charge is -2.33. The van der Waals surface area contributed by atoms with Crippen LogP contribution < -0.4 is 16.2 Å². The highest BCUT2D eigenvalue weighted by atomic mass is 127. The van der Waals surface area contributed by atoms with Crippen molar-refractivity contribution in [2.45, 2.75) is 51.6 Å². The molecule has 1 aliphatic heterocycles. The number of nitrogens with zero attached hydrogens (tertiary/aromatic N) is 5. The van der Waals surface area contributed by atoms with E-state index in [0.29, 0.717) is 11.6 Å². The van der Waals surface area contributed by atoms with Gasteiger partial charge < -0.3 is 16.2 Å². The number of pyridine rings is 1. The van der Waals surface area contributed by atoms with Gasteiger partial charge in [-0.3, -0.25) is 9.89 Å². The normalized spacial score (nSPS) is 20.8. The Kier molecular flexibility index (Phi) is 11.1. The first-order chi connectivity index (χ1) is 17.8. The average Bonchev–Trinajstić information content (AvgIpc) is 3.47. The third kappa shape index (κ3) is 8.08. The molecule has 3 rings (SSSR count). The van der Waals surface area contributed by atoms with Crippen LogP contribution in [-0.2, 0) is 6.54 Å². The number of rotatable bonds is 14. The number of nitrogens with one attached hydrogen (secondary N) is 1. The predicted octanol–water partition coefficient (Wildman–Crippen LogP) is 5.15. The highest BCUT2D eigenvalue weighted by molar-refractivity contribution is 14.1. The number of unbranched alkanes of at least 4 members (excludes halogenated alkanes) is 1. The summed E-state index contributed by atoms with van der Waals surface area (Å²) in [6.07, 6.45) is 11.6. The summed E-state index contributed by atoms with van der Waals surface area (Å²) in [4.78, 5) is 12.9. The van der Waals surface area contributed by atoms with E-state index in [9.17, 15) is 0 Å². The van der Waals surface area contributed by atoms with Gasteiger partial charge in [0, 0.05) is 53.9 Å². The second kappa shape index (κ2) is 14.0. The second-order valence-corrected chi connectivity index (χ2v) is 11.3. The molecule has 2 atom stereocenters. The number of hydrogen-bond donors (Lipinski definition) is 3. The number of halogens is 1. The summed E-state index contributed by atoms with van der Waals surface area (Å²) >= 11 is 3.90. The zero-order valence-corrected chi connectivity index (χ0v) is 24.8. The molecule has 0 radical (unpaired) electrons. The van der Waals surface area contributed by atoms with Crippen LogP contribution in [0, 0.1) is 12.8 Å². The van der Waals surface area contributed by atoms with E-state index in [-0.39, 0.29) is 5.54 Å². The lowest BCUT2D eigenvalue weighted by Crippen LogP contribution is -2.42. The first kappa shape index (κ1) is 29.2. The maximum absolute atomic E-state index is 6.36. The third-order valence-corrected chi connectivity index (χ3v) is 9.15. The Morgan fingerprint density at radius 1 is 1.35 bits per heavy atom. The van der Waals surface area contributed by atoms with Crippen molar-refractivity contribution in [3.8, 4) is 5.82 Å². The molecule has 0 bridgehead atoms. The Morgan fingerprint density at radius 2 is 2.16 bits per heavy atom. The number of aromatic nitrogens is 3. The highest BCUT2D eigenvalue weighted by Gasteiger charge is 2.41. The van der Waals surface area contributed by atoms with Crippen molar-refractivity contribution in [1.82, 2.24) is 24.4 Å². The Balaban J connectivity index is 1.55. The zero-order chi connectivity index (χ0) is 26.8. The maximum Gasteiger partial charge on any atom is 0.153 e. The summed E-state index contributed by atoms with van der Waals surface area (Å²) in [5.41, 5.74) is 15.7. The van der Waals surface area contributed by atoms with Gasteiger partial charge in [-0.25, -0.2) is 9.67 Å². The predicted molar refractivity (Wildman–Crippen MR) is 166 cm³/mol. The molecule has 200 valence electrons. The van der Waals surface area contributed by atoms with Crippen LogP contribution in [0.4, 0.5) is 5.69 Å². The fraction of sp³-hybridized carbons (Fsp3) is 0.444. The van der Waals surface area contributed by atoms with E-state index in [4.69, 9.17) is 16.5 Å². The highest BCUT2D eigenvalue weighted by Crippen LogP contribution is 2.38. The molecule has 2 aromatic rings. The molecule has 1 aliphatic rings. The van der Waals surface area contributed by atoms with Gasteiger partial charge in [-0.1, -0.05) is 42.2 Å². The van der Waals surface area contributed by atoms with Crippen molar-refractivity contribution in [1.29, 1.82) is 0 Å². The number of aryl methyl sites for hydroxylation is 1. The lowest BCUT2D eigenvalue weighted by molar-refractivity contribution is 0.171. The Morgan fingerprint density at radius 3 is 2.84 bits per heavy atom. The van der Waals surface area contributed by atoms with Crippen LogP contribution >= 0.6 is 34.5 Å². The first-order valence-electron chi connectivity index (χ1n) is 12.5. The van der Waals surface area contributed by atoms with Gasteiger partial charge in [-0.2, -0.15) is 5.10 Å². The number of nitrogen functional groups attached to an aromatic ring is 1. The number of anilines is 1. The molecule has 2 unspecified atom stereocenters. The standard InChI is InChI=1S/C27H39IN8S/c1-5-22(29)25(37-32-6-2)16-31-13-8-7-9-21-15-27(4,19-28)35(17-21)18-24-23(30)10-11-26(33-24)36-14-12-20(3)34-36/h5-6,10-12,14,16,21,32H,1-2,7-9,13,15,17-19,29-30H2,3-4H3. The largest absolute Gasteiger partial charge is 0.398 e. The summed E-state index contributed by atoms with van der Waals surface area (Å²) < 4.78 is 5.86. The van der Waals surface area contributed by atoms with Crippen molar-refractivity contribution in [2.75, 3.05) is 23.3 Å². The van der Waals surface area contributed by atoms with Gasteiger partial charge in [0.1, 0.15) is 0 Å². The van der Waals surface area contributed by atoms with E-state index >= 15 is 0 Å². The molecule has 0 saturated carbocycles. The monoisotopic (exact) mass is 634 g/mol. The lowest BCUT2D eigenvalue weighted by atomic mass is 9.93. The first-order valence-corrected chi connectivity index (χ1v) is 14.9. The summed E-state index contributed by atoms with van der Waals surface area (Å²) in [7, 11) is 0. The molecule has 0 spiro atoms. The smallest absolute Gasteiger partial charge is 0.153 e. The van der Waals surface area contributed by atoms with Crippen LogP contribution in [0.1, 0.15) is 44.0 Å². The minimum Gasteiger partial charge on any atom is -0.398 e. The van der Waals surface area contributed by atoms with E-state index in [2.05, 4.69) is 62.4 Å². The molecule has 2 aromatic heterocycles. The van der Waals surface area contributed by atoms with Gasteiger partial charge in [-0.05, 0) is 75.3 Å². The Labute approximate surface area is 239 Å². The Hall–Kier alpha value is -2.31. The number of alkyl halides is 1. The van der Waals surface area contributed by atoms with Gasteiger partial charge in [0.05, 0.1) is 22.0 Å². The van der Waals surface area contributed by atoms with E-state index in [0.717, 1.165) is 64.7 Å². The zero-order valence-electron chi connectivity index (χ0n) is 21.9. The third-order valence-electron chi connectivity index (χ3n) is 6.67. The van der Waals surface area contributed by atoms with Crippen LogP contribution in [0.3, 0.4) is 0 Å². The number of likely N-dealkylation sites (tertiary alicyclic amines) is 1. The minimum atomic E-state index is 0.132. The summed E-state index contributed by atoms with van der Waals surface area (Å²) in [6.45, 7) is 14.3. The molecular weight excluding hydrogens is 595 g/mol. The van der Waals surface area contributed by atoms with Crippen molar-refractivity contribution in [3.05, 3.63) is 71.8 Å². The molecule has 1 fully saturated rings. The Bertz CT molecular complexity index is 1130.